The summed E-state index contributed by atoms with van der Waals surface area (Å²) >= 11 is 4.20. The molecule has 0 aliphatic heterocycles. The van der Waals surface area contributed by atoms with Crippen molar-refractivity contribution < 1.29 is 19.8 Å². The number of halogens is 1. The number of hydrogen-bond acceptors (Lipinski definition) is 4. The lowest BCUT2D eigenvalue weighted by atomic mass is 10.2. The summed E-state index contributed by atoms with van der Waals surface area (Å²) < 4.78 is 0.499. The van der Waals surface area contributed by atoms with Crippen LogP contribution < -0.4 is 0 Å². The van der Waals surface area contributed by atoms with E-state index in [1.807, 2.05) is 0 Å². The van der Waals surface area contributed by atoms with E-state index in [1.165, 1.54) is 0 Å². The Morgan fingerprint density at radius 2 is 2.00 bits per heavy atom. The van der Waals surface area contributed by atoms with Crippen molar-refractivity contribution in [2.75, 3.05) is 5.75 Å². The minimum atomic E-state index is -0.938. The molecular formula is C9H8BrNO4S. The molecule has 0 atom stereocenters. The van der Waals surface area contributed by atoms with Gasteiger partial charge in [0.05, 0.1) is 17.2 Å². The van der Waals surface area contributed by atoms with Crippen molar-refractivity contribution in [3.63, 3.8) is 0 Å². The van der Waals surface area contributed by atoms with Gasteiger partial charge in [0.2, 0.25) is 0 Å². The van der Waals surface area contributed by atoms with E-state index in [9.17, 15) is 9.59 Å². The first-order valence-corrected chi connectivity index (χ1v) is 5.98. The average Bonchev–Trinajstić information content (AvgIpc) is 2.12. The molecule has 0 unspecified atom stereocenters. The summed E-state index contributed by atoms with van der Waals surface area (Å²) in [7, 11) is 0. The molecular weight excluding hydrogens is 298 g/mol. The fourth-order valence-electron chi connectivity index (χ4n) is 1.01. The molecule has 1 rings (SSSR count). The molecule has 0 radical (unpaired) electrons. The maximum atomic E-state index is 10.5. The molecule has 0 spiro atoms. The highest BCUT2D eigenvalue weighted by molar-refractivity contribution is 9.10. The van der Waals surface area contributed by atoms with Crippen molar-refractivity contribution in [1.29, 1.82) is 0 Å². The van der Waals surface area contributed by atoms with Gasteiger partial charge in [-0.1, -0.05) is 11.8 Å². The number of thioether (sulfide) groups is 1. The third-order valence-electron chi connectivity index (χ3n) is 1.53. The number of carbonyl (C=O) groups is 2. The van der Waals surface area contributed by atoms with Crippen LogP contribution in [0.4, 0.5) is 0 Å². The van der Waals surface area contributed by atoms with Crippen LogP contribution in [-0.2, 0) is 16.0 Å². The number of nitrogens with zero attached hydrogens (tertiary/aromatic N) is 1. The Balaban J connectivity index is 2.80. The molecule has 1 aromatic heterocycles. The molecule has 0 bridgehead atoms. The van der Waals surface area contributed by atoms with Crippen molar-refractivity contribution in [2.24, 2.45) is 0 Å². The second-order valence-corrected chi connectivity index (χ2v) is 4.70. The fraction of sp³-hybridized carbons (Fsp3) is 0.222. The number of carboxylic acid groups (broad SMARTS) is 2. The van der Waals surface area contributed by atoms with Crippen LogP contribution in [0.1, 0.15) is 5.56 Å². The Hall–Kier alpha value is -1.08. The third kappa shape index (κ3) is 4.63. The molecule has 2 N–H and O–H groups in total. The van der Waals surface area contributed by atoms with Crippen LogP contribution in [0.15, 0.2) is 21.8 Å². The van der Waals surface area contributed by atoms with Gasteiger partial charge in [-0.15, -0.1) is 0 Å². The van der Waals surface area contributed by atoms with Gasteiger partial charge in [-0.2, -0.15) is 0 Å². The van der Waals surface area contributed by atoms with Gasteiger partial charge in [-0.3, -0.25) is 9.59 Å². The van der Waals surface area contributed by atoms with E-state index in [2.05, 4.69) is 20.9 Å². The number of pyridine rings is 1. The van der Waals surface area contributed by atoms with E-state index in [4.69, 9.17) is 10.2 Å². The van der Waals surface area contributed by atoms with Crippen LogP contribution >= 0.6 is 27.7 Å². The molecule has 1 aromatic rings. The Labute approximate surface area is 104 Å². The Morgan fingerprint density at radius 1 is 1.31 bits per heavy atom. The Kier molecular flexibility index (Phi) is 4.75. The molecule has 0 saturated carbocycles. The first-order chi connectivity index (χ1) is 7.47. The van der Waals surface area contributed by atoms with E-state index >= 15 is 0 Å². The number of rotatable bonds is 5. The van der Waals surface area contributed by atoms with Crippen LogP contribution in [0.25, 0.3) is 0 Å². The zero-order valence-electron chi connectivity index (χ0n) is 8.01. The highest BCUT2D eigenvalue weighted by atomic mass is 79.9. The summed E-state index contributed by atoms with van der Waals surface area (Å²) in [6, 6.07) is 3.17. The predicted molar refractivity (Wildman–Crippen MR) is 61.6 cm³/mol. The Morgan fingerprint density at radius 3 is 2.56 bits per heavy atom. The maximum Gasteiger partial charge on any atom is 0.313 e. The van der Waals surface area contributed by atoms with Gasteiger partial charge in [0.15, 0.2) is 0 Å². The van der Waals surface area contributed by atoms with Gasteiger partial charge >= 0.3 is 11.9 Å². The summed E-state index contributed by atoms with van der Waals surface area (Å²) in [6.07, 6.45) is -0.109. The van der Waals surface area contributed by atoms with Crippen molar-refractivity contribution in [1.82, 2.24) is 4.98 Å². The number of aromatic nitrogens is 1. The monoisotopic (exact) mass is 305 g/mol. The number of carboxylic acids is 2. The molecule has 0 amide bonds. The molecule has 0 saturated heterocycles. The summed E-state index contributed by atoms with van der Waals surface area (Å²) in [5, 5.41) is 17.6. The molecule has 5 nitrogen and oxygen atoms in total. The van der Waals surface area contributed by atoms with E-state index in [-0.39, 0.29) is 12.2 Å². The lowest BCUT2D eigenvalue weighted by molar-refractivity contribution is -0.136. The highest BCUT2D eigenvalue weighted by Gasteiger charge is 2.07. The number of aliphatic carboxylic acids is 2. The van der Waals surface area contributed by atoms with Crippen LogP contribution in [0.3, 0.4) is 0 Å². The summed E-state index contributed by atoms with van der Waals surface area (Å²) in [5.74, 6) is -1.98. The van der Waals surface area contributed by atoms with Gasteiger partial charge in [-0.05, 0) is 33.6 Å². The van der Waals surface area contributed by atoms with Gasteiger partial charge in [0.25, 0.3) is 0 Å². The first-order valence-electron chi connectivity index (χ1n) is 4.20. The van der Waals surface area contributed by atoms with E-state index in [1.54, 1.807) is 12.1 Å². The molecule has 0 aliphatic carbocycles. The Bertz CT molecular complexity index is 424. The molecule has 0 fully saturated rings. The predicted octanol–water partition coefficient (Wildman–Crippen LogP) is 1.65. The van der Waals surface area contributed by atoms with Crippen LogP contribution in [-0.4, -0.2) is 32.9 Å². The average molecular weight is 306 g/mol. The molecule has 86 valence electrons. The van der Waals surface area contributed by atoms with Gasteiger partial charge < -0.3 is 10.2 Å². The molecule has 7 heteroatoms. The topological polar surface area (TPSA) is 87.5 Å². The maximum absolute atomic E-state index is 10.5. The molecule has 16 heavy (non-hydrogen) atoms. The van der Waals surface area contributed by atoms with Crippen molar-refractivity contribution in [3.8, 4) is 0 Å². The van der Waals surface area contributed by atoms with E-state index in [0.29, 0.717) is 15.2 Å². The van der Waals surface area contributed by atoms with Crippen molar-refractivity contribution in [2.45, 2.75) is 11.4 Å². The van der Waals surface area contributed by atoms with Gasteiger partial charge in [0.1, 0.15) is 4.60 Å². The molecule has 1 heterocycles. The third-order valence-corrected chi connectivity index (χ3v) is 2.83. The van der Waals surface area contributed by atoms with Crippen LogP contribution in [0, 0.1) is 0 Å². The summed E-state index contributed by atoms with van der Waals surface area (Å²) in [5.41, 5.74) is 0.585. The quantitative estimate of drug-likeness (QED) is 0.635. The van der Waals surface area contributed by atoms with Crippen molar-refractivity contribution in [3.05, 3.63) is 22.3 Å². The zero-order chi connectivity index (χ0) is 12.1. The second kappa shape index (κ2) is 5.86. The van der Waals surface area contributed by atoms with Gasteiger partial charge in [-0.25, -0.2) is 4.98 Å². The largest absolute Gasteiger partial charge is 0.481 e. The molecule has 0 aromatic carbocycles. The van der Waals surface area contributed by atoms with Crippen LogP contribution in [0.2, 0.25) is 0 Å². The minimum absolute atomic E-state index is 0.101. The standard InChI is InChI=1S/C9H8BrNO4S/c10-6-1-5(3-8(12)13)2-7(11-6)16-4-9(14)15/h1-2H,3-4H2,(H,12,13)(H,14,15). The SMILES string of the molecule is O=C(O)CSc1cc(CC(=O)O)cc(Br)n1. The van der Waals surface area contributed by atoms with E-state index in [0.717, 1.165) is 11.8 Å². The van der Waals surface area contributed by atoms with E-state index < -0.39 is 11.9 Å². The smallest absolute Gasteiger partial charge is 0.313 e. The second-order valence-electron chi connectivity index (χ2n) is 2.89. The normalized spacial score (nSPS) is 10.1. The van der Waals surface area contributed by atoms with Crippen LogP contribution in [0.5, 0.6) is 0 Å². The zero-order valence-corrected chi connectivity index (χ0v) is 10.4. The number of hydrogen-bond donors (Lipinski definition) is 2. The minimum Gasteiger partial charge on any atom is -0.481 e. The first kappa shape index (κ1) is 13.0. The summed E-state index contributed by atoms with van der Waals surface area (Å²) in [4.78, 5) is 24.9. The highest BCUT2D eigenvalue weighted by Crippen LogP contribution is 2.20. The van der Waals surface area contributed by atoms with Gasteiger partial charge in [0, 0.05) is 0 Å². The van der Waals surface area contributed by atoms with Crippen molar-refractivity contribution >= 4 is 39.6 Å². The molecule has 0 aliphatic rings. The lowest BCUT2D eigenvalue weighted by Crippen LogP contribution is -2.02. The summed E-state index contributed by atoms with van der Waals surface area (Å²) in [6.45, 7) is 0. The lowest BCUT2D eigenvalue weighted by Gasteiger charge is -2.02. The fourth-order valence-corrected chi connectivity index (χ4v) is 2.28.